The van der Waals surface area contributed by atoms with Gasteiger partial charge in [-0.2, -0.15) is 0 Å². The zero-order chi connectivity index (χ0) is 17.6. The molecule has 0 unspecified atom stereocenters. The van der Waals surface area contributed by atoms with Gasteiger partial charge in [-0.3, -0.25) is 9.69 Å². The van der Waals surface area contributed by atoms with Gasteiger partial charge in [0.05, 0.1) is 25.3 Å². The van der Waals surface area contributed by atoms with Gasteiger partial charge in [0, 0.05) is 31.7 Å². The first-order valence-electron chi connectivity index (χ1n) is 8.69. The number of aryl methyl sites for hydroxylation is 2. The quantitative estimate of drug-likeness (QED) is 0.869. The van der Waals surface area contributed by atoms with Gasteiger partial charge >= 0.3 is 0 Å². The molecule has 0 bridgehead atoms. The molecule has 2 heterocycles. The highest BCUT2D eigenvalue weighted by Crippen LogP contribution is 2.15. The van der Waals surface area contributed by atoms with Crippen LogP contribution in [0.3, 0.4) is 0 Å². The van der Waals surface area contributed by atoms with Crippen molar-refractivity contribution in [3.63, 3.8) is 0 Å². The van der Waals surface area contributed by atoms with E-state index in [1.54, 1.807) is 0 Å². The van der Waals surface area contributed by atoms with Crippen molar-refractivity contribution in [2.45, 2.75) is 33.4 Å². The maximum atomic E-state index is 12.3. The summed E-state index contributed by atoms with van der Waals surface area (Å²) in [5, 5.41) is 6.91. The third-order valence-corrected chi connectivity index (χ3v) is 4.61. The highest BCUT2D eigenvalue weighted by Gasteiger charge is 2.15. The lowest BCUT2D eigenvalue weighted by Gasteiger charge is -2.27. The number of carbonyl (C=O) groups excluding carboxylic acids is 1. The lowest BCUT2D eigenvalue weighted by Crippen LogP contribution is -2.36. The van der Waals surface area contributed by atoms with Gasteiger partial charge in [-0.25, -0.2) is 0 Å². The summed E-state index contributed by atoms with van der Waals surface area (Å²) in [5.74, 6) is 0.691. The normalized spacial score (nSPS) is 15.3. The van der Waals surface area contributed by atoms with Crippen LogP contribution in [0.1, 0.15) is 28.1 Å². The van der Waals surface area contributed by atoms with E-state index in [9.17, 15) is 4.79 Å². The van der Waals surface area contributed by atoms with Crippen LogP contribution < -0.4 is 5.32 Å². The molecule has 0 saturated carbocycles. The molecule has 134 valence electrons. The van der Waals surface area contributed by atoms with Crippen molar-refractivity contribution in [3.8, 4) is 0 Å². The van der Waals surface area contributed by atoms with Gasteiger partial charge in [-0.05, 0) is 25.0 Å². The Morgan fingerprint density at radius 2 is 1.92 bits per heavy atom. The van der Waals surface area contributed by atoms with Crippen molar-refractivity contribution in [3.05, 3.63) is 52.4 Å². The van der Waals surface area contributed by atoms with Crippen molar-refractivity contribution in [2.75, 3.05) is 26.3 Å². The number of aromatic nitrogens is 1. The lowest BCUT2D eigenvalue weighted by molar-refractivity contribution is -0.120. The van der Waals surface area contributed by atoms with E-state index in [2.05, 4.69) is 27.5 Å². The molecule has 1 aromatic heterocycles. The Morgan fingerprint density at radius 1 is 1.20 bits per heavy atom. The van der Waals surface area contributed by atoms with Crippen molar-refractivity contribution in [1.29, 1.82) is 0 Å². The van der Waals surface area contributed by atoms with E-state index >= 15 is 0 Å². The minimum Gasteiger partial charge on any atom is -0.379 e. The Labute approximate surface area is 148 Å². The predicted octanol–water partition coefficient (Wildman–Crippen LogP) is 1.98. The van der Waals surface area contributed by atoms with Gasteiger partial charge in [0.15, 0.2) is 0 Å². The second-order valence-corrected chi connectivity index (χ2v) is 6.41. The molecule has 0 atom stereocenters. The third kappa shape index (κ3) is 4.67. The molecule has 0 radical (unpaired) electrons. The summed E-state index contributed by atoms with van der Waals surface area (Å²) < 4.78 is 10.5. The number of ether oxygens (including phenoxy) is 1. The van der Waals surface area contributed by atoms with E-state index in [4.69, 9.17) is 9.26 Å². The van der Waals surface area contributed by atoms with Gasteiger partial charge in [0.25, 0.3) is 0 Å². The molecule has 1 saturated heterocycles. The zero-order valence-corrected chi connectivity index (χ0v) is 14.9. The van der Waals surface area contributed by atoms with Gasteiger partial charge < -0.3 is 14.6 Å². The number of nitrogens with zero attached hydrogens (tertiary/aromatic N) is 2. The molecule has 2 aromatic rings. The monoisotopic (exact) mass is 343 g/mol. The van der Waals surface area contributed by atoms with Gasteiger partial charge in [0.2, 0.25) is 5.91 Å². The fourth-order valence-corrected chi connectivity index (χ4v) is 3.06. The fraction of sp³-hybridized carbons (Fsp3) is 0.474. The SMILES string of the molecule is Cc1noc(C)c1CC(=O)NCc1ccccc1CN1CCOCC1. The average Bonchev–Trinajstić information content (AvgIpc) is 2.94. The molecular formula is C19H25N3O3. The zero-order valence-electron chi connectivity index (χ0n) is 14.9. The maximum absolute atomic E-state index is 12.3. The van der Waals surface area contributed by atoms with E-state index < -0.39 is 0 Å². The molecule has 3 rings (SSSR count). The molecule has 6 nitrogen and oxygen atoms in total. The third-order valence-electron chi connectivity index (χ3n) is 4.61. The van der Waals surface area contributed by atoms with Crippen molar-refractivity contribution < 1.29 is 14.1 Å². The number of amides is 1. The van der Waals surface area contributed by atoms with E-state index in [1.165, 1.54) is 5.56 Å². The Balaban J connectivity index is 1.58. The number of morpholine rings is 1. The number of nitrogens with one attached hydrogen (secondary N) is 1. The van der Waals surface area contributed by atoms with Crippen molar-refractivity contribution in [1.82, 2.24) is 15.4 Å². The smallest absolute Gasteiger partial charge is 0.224 e. The van der Waals surface area contributed by atoms with Gasteiger partial charge in [0.1, 0.15) is 5.76 Å². The van der Waals surface area contributed by atoms with Crippen LogP contribution in [0.2, 0.25) is 0 Å². The molecule has 0 aliphatic carbocycles. The van der Waals surface area contributed by atoms with Crippen LogP contribution in [0.5, 0.6) is 0 Å². The molecule has 0 spiro atoms. The summed E-state index contributed by atoms with van der Waals surface area (Å²) in [6.45, 7) is 8.59. The second-order valence-electron chi connectivity index (χ2n) is 6.41. The largest absolute Gasteiger partial charge is 0.379 e. The minimum atomic E-state index is -0.0180. The van der Waals surface area contributed by atoms with Crippen LogP contribution in [-0.4, -0.2) is 42.3 Å². The Kier molecular flexibility index (Phi) is 5.83. The molecule has 25 heavy (non-hydrogen) atoms. The molecule has 1 aliphatic rings. The number of benzene rings is 1. The highest BCUT2D eigenvalue weighted by atomic mass is 16.5. The molecule has 1 aromatic carbocycles. The maximum Gasteiger partial charge on any atom is 0.224 e. The van der Waals surface area contributed by atoms with Crippen molar-refractivity contribution in [2.24, 2.45) is 0 Å². The van der Waals surface area contributed by atoms with Crippen LogP contribution in [0.15, 0.2) is 28.8 Å². The topological polar surface area (TPSA) is 67.6 Å². The van der Waals surface area contributed by atoms with Crippen molar-refractivity contribution >= 4 is 5.91 Å². The van der Waals surface area contributed by atoms with Crippen LogP contribution in [0, 0.1) is 13.8 Å². The fourth-order valence-electron chi connectivity index (χ4n) is 3.06. The summed E-state index contributed by atoms with van der Waals surface area (Å²) in [6.07, 6.45) is 0.298. The van der Waals surface area contributed by atoms with Gasteiger partial charge in [-0.1, -0.05) is 29.4 Å². The Morgan fingerprint density at radius 3 is 2.60 bits per heavy atom. The van der Waals surface area contributed by atoms with E-state index in [0.29, 0.717) is 18.7 Å². The van der Waals surface area contributed by atoms with Crippen LogP contribution in [0.25, 0.3) is 0 Å². The first kappa shape index (κ1) is 17.6. The standard InChI is InChI=1S/C19H25N3O3/c1-14-18(15(2)25-21-14)11-19(23)20-12-16-5-3-4-6-17(16)13-22-7-9-24-10-8-22/h3-6H,7-13H2,1-2H3,(H,20,23). The summed E-state index contributed by atoms with van der Waals surface area (Å²) in [5.41, 5.74) is 4.06. The number of hydrogen-bond acceptors (Lipinski definition) is 5. The first-order chi connectivity index (χ1) is 12.1. The number of rotatable bonds is 6. The highest BCUT2D eigenvalue weighted by molar-refractivity contribution is 5.79. The van der Waals surface area contributed by atoms with E-state index in [0.717, 1.165) is 49.7 Å². The van der Waals surface area contributed by atoms with E-state index in [-0.39, 0.29) is 5.91 Å². The Hall–Kier alpha value is -2.18. The van der Waals surface area contributed by atoms with Gasteiger partial charge in [-0.15, -0.1) is 0 Å². The summed E-state index contributed by atoms with van der Waals surface area (Å²) in [6, 6.07) is 8.26. The molecule has 1 N–H and O–H groups in total. The molecule has 1 amide bonds. The van der Waals surface area contributed by atoms with E-state index in [1.807, 2.05) is 26.0 Å². The van der Waals surface area contributed by atoms with Crippen LogP contribution in [-0.2, 0) is 29.0 Å². The second kappa shape index (κ2) is 8.27. The molecular weight excluding hydrogens is 318 g/mol. The summed E-state index contributed by atoms with van der Waals surface area (Å²) >= 11 is 0. The average molecular weight is 343 g/mol. The number of carbonyl (C=O) groups is 1. The molecule has 1 aliphatic heterocycles. The minimum absolute atomic E-state index is 0.0180. The first-order valence-corrected chi connectivity index (χ1v) is 8.69. The summed E-state index contributed by atoms with van der Waals surface area (Å²) in [4.78, 5) is 14.7. The molecule has 1 fully saturated rings. The van der Waals surface area contributed by atoms with Crippen LogP contribution >= 0.6 is 0 Å². The molecule has 6 heteroatoms. The lowest BCUT2D eigenvalue weighted by atomic mass is 10.1. The van der Waals surface area contributed by atoms with Crippen LogP contribution in [0.4, 0.5) is 0 Å². The Bertz CT molecular complexity index is 701. The summed E-state index contributed by atoms with van der Waals surface area (Å²) in [7, 11) is 0. The number of hydrogen-bond donors (Lipinski definition) is 1. The predicted molar refractivity (Wildman–Crippen MR) is 94.1 cm³/mol.